The van der Waals surface area contributed by atoms with Gasteiger partial charge in [0.2, 0.25) is 0 Å². The van der Waals surface area contributed by atoms with Gasteiger partial charge in [-0.25, -0.2) is 0 Å². The summed E-state index contributed by atoms with van der Waals surface area (Å²) in [6, 6.07) is 0. The molecule has 0 spiro atoms. The zero-order valence-electron chi connectivity index (χ0n) is 6.26. The summed E-state index contributed by atoms with van der Waals surface area (Å²) in [5.41, 5.74) is 0. The molecule has 0 saturated carbocycles. The van der Waals surface area contributed by atoms with E-state index in [1.807, 2.05) is 24.9 Å². The Balaban J connectivity index is 2.57. The third kappa shape index (κ3) is 1.48. The molecule has 1 saturated heterocycles. The molecule has 0 unspecified atom stereocenters. The first-order valence-corrected chi connectivity index (χ1v) is 3.73. The van der Waals surface area contributed by atoms with E-state index >= 15 is 0 Å². The van der Waals surface area contributed by atoms with E-state index in [2.05, 4.69) is 0 Å². The molecule has 0 atom stereocenters. The van der Waals surface area contributed by atoms with E-state index in [-0.39, 0.29) is 0 Å². The fourth-order valence-corrected chi connectivity index (χ4v) is 1.01. The molecule has 1 aliphatic heterocycles. The second-order valence-electron chi connectivity index (χ2n) is 2.29. The first-order valence-electron chi connectivity index (χ1n) is 3.32. The zero-order valence-corrected chi connectivity index (χ0v) is 7.07. The summed E-state index contributed by atoms with van der Waals surface area (Å²) in [6.45, 7) is 2.93. The van der Waals surface area contributed by atoms with Crippen LogP contribution in [0.3, 0.4) is 0 Å². The second-order valence-corrected chi connectivity index (χ2v) is 2.64. The van der Waals surface area contributed by atoms with Gasteiger partial charge in [-0.15, -0.1) is 0 Å². The van der Waals surface area contributed by atoms with E-state index in [0.29, 0.717) is 5.17 Å². The lowest BCUT2D eigenvalue weighted by atomic mass is 10.3. The average Bonchev–Trinajstić information content (AvgIpc) is 1.95. The van der Waals surface area contributed by atoms with E-state index < -0.39 is 0 Å². The standard InChI is InChI=1S/C7H11NOS/c1-3-6-4-5-8(2)7(10)9-6/h3H,4-5H2,1-2H3/b6-3-. The van der Waals surface area contributed by atoms with E-state index in [4.69, 9.17) is 17.0 Å². The Bertz CT molecular complexity index is 176. The van der Waals surface area contributed by atoms with Gasteiger partial charge in [-0.3, -0.25) is 0 Å². The summed E-state index contributed by atoms with van der Waals surface area (Å²) in [7, 11) is 1.94. The average molecular weight is 157 g/mol. The predicted octanol–water partition coefficient (Wildman–Crippen LogP) is 1.53. The van der Waals surface area contributed by atoms with Gasteiger partial charge in [0.1, 0.15) is 5.76 Å². The zero-order chi connectivity index (χ0) is 7.56. The number of thiocarbonyl (C=S) groups is 1. The summed E-state index contributed by atoms with van der Waals surface area (Å²) in [6.07, 6.45) is 2.92. The van der Waals surface area contributed by atoms with Crippen molar-refractivity contribution in [3.8, 4) is 0 Å². The van der Waals surface area contributed by atoms with Crippen molar-refractivity contribution in [3.63, 3.8) is 0 Å². The Morgan fingerprint density at radius 3 is 2.90 bits per heavy atom. The van der Waals surface area contributed by atoms with Crippen LogP contribution in [0.2, 0.25) is 0 Å². The van der Waals surface area contributed by atoms with E-state index in [1.54, 1.807) is 0 Å². The summed E-state index contributed by atoms with van der Waals surface area (Å²) in [5, 5.41) is 0.583. The molecule has 10 heavy (non-hydrogen) atoms. The molecule has 0 aliphatic carbocycles. The number of rotatable bonds is 0. The number of allylic oxidation sites excluding steroid dienone is 1. The summed E-state index contributed by atoms with van der Waals surface area (Å²) >= 11 is 4.93. The molecule has 0 amide bonds. The van der Waals surface area contributed by atoms with Crippen molar-refractivity contribution in [1.82, 2.24) is 4.90 Å². The molecule has 3 heteroatoms. The van der Waals surface area contributed by atoms with Crippen molar-refractivity contribution in [2.75, 3.05) is 13.6 Å². The van der Waals surface area contributed by atoms with Crippen LogP contribution in [0, 0.1) is 0 Å². The minimum atomic E-state index is 0.583. The summed E-state index contributed by atoms with van der Waals surface area (Å²) in [5.74, 6) is 0.989. The normalized spacial score (nSPS) is 23.2. The quantitative estimate of drug-likeness (QED) is 0.495. The van der Waals surface area contributed by atoms with Gasteiger partial charge in [-0.1, -0.05) is 0 Å². The van der Waals surface area contributed by atoms with Crippen LogP contribution in [0.15, 0.2) is 11.8 Å². The number of hydrogen-bond donors (Lipinski definition) is 0. The molecule has 1 heterocycles. The lowest BCUT2D eigenvalue weighted by Gasteiger charge is -2.26. The molecule has 0 N–H and O–H groups in total. The van der Waals surface area contributed by atoms with Crippen LogP contribution in [-0.2, 0) is 4.74 Å². The van der Waals surface area contributed by atoms with Gasteiger partial charge in [-0.05, 0) is 25.2 Å². The molecular weight excluding hydrogens is 146 g/mol. The number of hydrogen-bond acceptors (Lipinski definition) is 2. The Morgan fingerprint density at radius 1 is 1.70 bits per heavy atom. The summed E-state index contributed by atoms with van der Waals surface area (Å²) in [4.78, 5) is 1.93. The summed E-state index contributed by atoms with van der Waals surface area (Å²) < 4.78 is 5.27. The molecule has 56 valence electrons. The van der Waals surface area contributed by atoms with Crippen molar-refractivity contribution in [2.24, 2.45) is 0 Å². The van der Waals surface area contributed by atoms with Crippen LogP contribution >= 0.6 is 12.2 Å². The van der Waals surface area contributed by atoms with Crippen LogP contribution in [-0.4, -0.2) is 23.7 Å². The maximum absolute atomic E-state index is 5.27. The Hall–Kier alpha value is -0.570. The molecule has 0 bridgehead atoms. The van der Waals surface area contributed by atoms with Crippen molar-refractivity contribution in [2.45, 2.75) is 13.3 Å². The number of ether oxygens (including phenoxy) is 1. The fraction of sp³-hybridized carbons (Fsp3) is 0.571. The van der Waals surface area contributed by atoms with E-state index in [0.717, 1.165) is 18.7 Å². The fourth-order valence-electron chi connectivity index (χ4n) is 0.814. The highest BCUT2D eigenvalue weighted by atomic mass is 32.1. The molecule has 0 aromatic carbocycles. The molecule has 0 aromatic rings. The predicted molar refractivity (Wildman–Crippen MR) is 44.7 cm³/mol. The van der Waals surface area contributed by atoms with Crippen molar-refractivity contribution in [3.05, 3.63) is 11.8 Å². The van der Waals surface area contributed by atoms with Crippen molar-refractivity contribution < 1.29 is 4.74 Å². The van der Waals surface area contributed by atoms with Crippen LogP contribution in [0.5, 0.6) is 0 Å². The monoisotopic (exact) mass is 157 g/mol. The van der Waals surface area contributed by atoms with Crippen LogP contribution in [0.1, 0.15) is 13.3 Å². The van der Waals surface area contributed by atoms with Gasteiger partial charge in [0.15, 0.2) is 0 Å². The first kappa shape index (κ1) is 7.54. The van der Waals surface area contributed by atoms with Gasteiger partial charge in [0.05, 0.1) is 0 Å². The van der Waals surface area contributed by atoms with E-state index in [9.17, 15) is 0 Å². The highest BCUT2D eigenvalue weighted by Gasteiger charge is 2.14. The van der Waals surface area contributed by atoms with Crippen LogP contribution in [0.4, 0.5) is 0 Å². The van der Waals surface area contributed by atoms with Gasteiger partial charge in [0, 0.05) is 20.0 Å². The SMILES string of the molecule is C/C=C1/CCN(C)C(=S)O1. The lowest BCUT2D eigenvalue weighted by molar-refractivity contribution is 0.270. The van der Waals surface area contributed by atoms with Gasteiger partial charge >= 0.3 is 0 Å². The Morgan fingerprint density at radius 2 is 2.40 bits per heavy atom. The number of nitrogens with zero attached hydrogens (tertiary/aromatic N) is 1. The highest BCUT2D eigenvalue weighted by molar-refractivity contribution is 7.80. The van der Waals surface area contributed by atoms with Gasteiger partial charge in [0.25, 0.3) is 5.17 Å². The maximum Gasteiger partial charge on any atom is 0.264 e. The topological polar surface area (TPSA) is 12.5 Å². The van der Waals surface area contributed by atoms with Gasteiger partial charge in [-0.2, -0.15) is 0 Å². The van der Waals surface area contributed by atoms with Crippen molar-refractivity contribution >= 4 is 17.4 Å². The van der Waals surface area contributed by atoms with Crippen molar-refractivity contribution in [1.29, 1.82) is 0 Å². The van der Waals surface area contributed by atoms with Gasteiger partial charge < -0.3 is 9.64 Å². The Kier molecular flexibility index (Phi) is 2.27. The maximum atomic E-state index is 5.27. The molecule has 1 fully saturated rings. The smallest absolute Gasteiger partial charge is 0.264 e. The molecule has 1 aliphatic rings. The molecular formula is C7H11NOS. The van der Waals surface area contributed by atoms with Crippen LogP contribution < -0.4 is 0 Å². The van der Waals surface area contributed by atoms with E-state index in [1.165, 1.54) is 0 Å². The Labute approximate surface area is 66.5 Å². The molecule has 2 nitrogen and oxygen atoms in total. The first-order chi connectivity index (χ1) is 4.74. The second kappa shape index (κ2) is 3.01. The highest BCUT2D eigenvalue weighted by Crippen LogP contribution is 2.12. The minimum absolute atomic E-state index is 0.583. The molecule has 0 aromatic heterocycles. The third-order valence-corrected chi connectivity index (χ3v) is 1.94. The minimum Gasteiger partial charge on any atom is -0.437 e. The molecule has 1 rings (SSSR count). The van der Waals surface area contributed by atoms with Crippen LogP contribution in [0.25, 0.3) is 0 Å². The largest absolute Gasteiger partial charge is 0.437 e. The molecule has 0 radical (unpaired) electrons. The third-order valence-electron chi connectivity index (χ3n) is 1.55. The lowest BCUT2D eigenvalue weighted by Crippen LogP contribution is -2.32.